The van der Waals surface area contributed by atoms with Gasteiger partial charge in [-0.1, -0.05) is 21.2 Å². The average Bonchev–Trinajstić information content (AvgIpc) is 2.34. The fourth-order valence-electron chi connectivity index (χ4n) is 1.01. The van der Waals surface area contributed by atoms with Gasteiger partial charge in [-0.3, -0.25) is 10.2 Å². The zero-order chi connectivity index (χ0) is 11.8. The minimum Gasteiger partial charge on any atom is -0.298 e. The van der Waals surface area contributed by atoms with E-state index >= 15 is 0 Å². The lowest BCUT2D eigenvalue weighted by atomic mass is 10.1. The Morgan fingerprint density at radius 2 is 2.38 bits per heavy atom. The number of hydrogen-bond donors (Lipinski definition) is 1. The van der Waals surface area contributed by atoms with Gasteiger partial charge in [0.25, 0.3) is 0 Å². The number of halogens is 1. The van der Waals surface area contributed by atoms with E-state index < -0.39 is 0 Å². The Kier molecular flexibility index (Phi) is 5.16. The van der Waals surface area contributed by atoms with Crippen molar-refractivity contribution in [3.8, 4) is 6.07 Å². The molecule has 6 heteroatoms. The fraction of sp³-hybridized carbons (Fsp3) is 0.200. The number of anilines is 1. The first-order valence-corrected chi connectivity index (χ1v) is 5.61. The van der Waals surface area contributed by atoms with Crippen molar-refractivity contribution in [3.05, 3.63) is 29.3 Å². The van der Waals surface area contributed by atoms with Crippen LogP contribution >= 0.6 is 15.9 Å². The molecule has 0 fully saturated rings. The van der Waals surface area contributed by atoms with Crippen LogP contribution in [-0.2, 0) is 0 Å². The van der Waals surface area contributed by atoms with E-state index in [1.807, 2.05) is 6.07 Å². The summed E-state index contributed by atoms with van der Waals surface area (Å²) in [6, 6.07) is 6.68. The van der Waals surface area contributed by atoms with Crippen LogP contribution in [0.2, 0.25) is 0 Å². The molecule has 0 amide bonds. The summed E-state index contributed by atoms with van der Waals surface area (Å²) in [7, 11) is 0. The van der Waals surface area contributed by atoms with E-state index in [1.54, 1.807) is 12.1 Å². The van der Waals surface area contributed by atoms with Gasteiger partial charge in [-0.05, 0) is 18.2 Å². The second-order valence-corrected chi connectivity index (χ2v) is 3.59. The summed E-state index contributed by atoms with van der Waals surface area (Å²) < 4.78 is 0. The monoisotopic (exact) mass is 280 g/mol. The maximum absolute atomic E-state index is 10.8. The standard InChI is InChI=1S/C10H9BrN4O/c11-3-4-13-15-14-10-2-1-8(6-12)5-9(10)7-16/h1-2,5,7H,3-4H2,(H,13,14). The van der Waals surface area contributed by atoms with Crippen molar-refractivity contribution < 1.29 is 4.79 Å². The van der Waals surface area contributed by atoms with Crippen molar-refractivity contribution in [1.29, 1.82) is 5.26 Å². The van der Waals surface area contributed by atoms with Gasteiger partial charge in [0.1, 0.15) is 0 Å². The van der Waals surface area contributed by atoms with Crippen LogP contribution in [-0.4, -0.2) is 18.2 Å². The quantitative estimate of drug-likeness (QED) is 0.390. The number of nitrogens with zero attached hydrogens (tertiary/aromatic N) is 3. The Hall–Kier alpha value is -1.74. The molecule has 0 unspecified atom stereocenters. The van der Waals surface area contributed by atoms with Crippen molar-refractivity contribution >= 4 is 27.9 Å². The summed E-state index contributed by atoms with van der Waals surface area (Å²) in [5, 5.41) is 16.9. The molecule has 1 rings (SSSR count). The van der Waals surface area contributed by atoms with E-state index in [2.05, 4.69) is 31.7 Å². The Morgan fingerprint density at radius 3 is 3.00 bits per heavy atom. The van der Waals surface area contributed by atoms with Gasteiger partial charge >= 0.3 is 0 Å². The van der Waals surface area contributed by atoms with Crippen molar-refractivity contribution in [3.63, 3.8) is 0 Å². The van der Waals surface area contributed by atoms with Gasteiger partial charge in [0.15, 0.2) is 6.29 Å². The first kappa shape index (κ1) is 12.3. The molecule has 0 aliphatic heterocycles. The molecule has 82 valence electrons. The number of alkyl halides is 1. The van der Waals surface area contributed by atoms with Crippen LogP contribution in [0.1, 0.15) is 15.9 Å². The molecular formula is C10H9BrN4O. The molecule has 1 aromatic carbocycles. The van der Waals surface area contributed by atoms with Gasteiger partial charge in [0.05, 0.1) is 23.9 Å². The lowest BCUT2D eigenvalue weighted by molar-refractivity contribution is 0.112. The third kappa shape index (κ3) is 3.44. The minimum atomic E-state index is 0.386. The van der Waals surface area contributed by atoms with Crippen LogP contribution in [0.3, 0.4) is 0 Å². The van der Waals surface area contributed by atoms with Gasteiger partial charge in [0, 0.05) is 10.9 Å². The molecule has 1 aromatic rings. The summed E-state index contributed by atoms with van der Waals surface area (Å²) in [5.74, 6) is 0. The highest BCUT2D eigenvalue weighted by atomic mass is 79.9. The Balaban J connectivity index is 2.80. The zero-order valence-corrected chi connectivity index (χ0v) is 9.94. The fourth-order valence-corrected chi connectivity index (χ4v) is 1.17. The molecule has 0 aliphatic rings. The van der Waals surface area contributed by atoms with E-state index in [9.17, 15) is 4.79 Å². The van der Waals surface area contributed by atoms with Crippen LogP contribution in [0.5, 0.6) is 0 Å². The first-order chi connectivity index (χ1) is 7.81. The van der Waals surface area contributed by atoms with Crippen molar-refractivity contribution in [2.75, 3.05) is 17.3 Å². The Labute approximate surface area is 101 Å². The average molecular weight is 281 g/mol. The third-order valence-corrected chi connectivity index (χ3v) is 2.09. The largest absolute Gasteiger partial charge is 0.298 e. The number of rotatable bonds is 5. The molecule has 0 radical (unpaired) electrons. The number of aldehydes is 1. The smallest absolute Gasteiger partial charge is 0.152 e. The number of nitriles is 1. The van der Waals surface area contributed by atoms with E-state index in [0.717, 1.165) is 5.33 Å². The number of carbonyl (C=O) groups is 1. The molecule has 5 nitrogen and oxygen atoms in total. The number of benzene rings is 1. The van der Waals surface area contributed by atoms with Crippen LogP contribution in [0.4, 0.5) is 5.69 Å². The summed E-state index contributed by atoms with van der Waals surface area (Å²) >= 11 is 3.21. The predicted molar refractivity (Wildman–Crippen MR) is 63.7 cm³/mol. The van der Waals surface area contributed by atoms with Crippen LogP contribution in [0, 0.1) is 11.3 Å². The number of carbonyl (C=O) groups excluding carboxylic acids is 1. The minimum absolute atomic E-state index is 0.386. The molecule has 0 saturated heterocycles. The van der Waals surface area contributed by atoms with Crippen LogP contribution in [0.15, 0.2) is 28.5 Å². The molecule has 0 aromatic heterocycles. The molecule has 0 aliphatic carbocycles. The van der Waals surface area contributed by atoms with Crippen LogP contribution < -0.4 is 5.43 Å². The zero-order valence-electron chi connectivity index (χ0n) is 8.35. The molecular weight excluding hydrogens is 272 g/mol. The highest BCUT2D eigenvalue weighted by Crippen LogP contribution is 2.15. The lowest BCUT2D eigenvalue weighted by Gasteiger charge is -2.02. The SMILES string of the molecule is N#Cc1ccc(NN=NCCBr)c(C=O)c1. The molecule has 16 heavy (non-hydrogen) atoms. The van der Waals surface area contributed by atoms with Crippen LogP contribution in [0.25, 0.3) is 0 Å². The molecule has 0 heterocycles. The second-order valence-electron chi connectivity index (χ2n) is 2.80. The summed E-state index contributed by atoms with van der Waals surface area (Å²) in [5.41, 5.74) is 4.00. The Morgan fingerprint density at radius 1 is 1.56 bits per heavy atom. The van der Waals surface area contributed by atoms with Gasteiger partial charge in [0.2, 0.25) is 0 Å². The molecule has 0 spiro atoms. The van der Waals surface area contributed by atoms with E-state index in [-0.39, 0.29) is 0 Å². The lowest BCUT2D eigenvalue weighted by Crippen LogP contribution is -1.94. The highest BCUT2D eigenvalue weighted by Gasteiger charge is 2.01. The highest BCUT2D eigenvalue weighted by molar-refractivity contribution is 9.09. The van der Waals surface area contributed by atoms with Crippen molar-refractivity contribution in [1.82, 2.24) is 0 Å². The van der Waals surface area contributed by atoms with Gasteiger partial charge in [-0.2, -0.15) is 10.4 Å². The second kappa shape index (κ2) is 6.69. The topological polar surface area (TPSA) is 77.6 Å². The maximum Gasteiger partial charge on any atom is 0.152 e. The van der Waals surface area contributed by atoms with E-state index in [1.165, 1.54) is 6.07 Å². The molecule has 0 atom stereocenters. The molecule has 0 saturated carbocycles. The van der Waals surface area contributed by atoms with E-state index in [0.29, 0.717) is 29.6 Å². The normalized spacial score (nSPS) is 10.0. The predicted octanol–water partition coefficient (Wildman–Crippen LogP) is 2.54. The Bertz CT molecular complexity index is 439. The maximum atomic E-state index is 10.8. The number of nitrogens with one attached hydrogen (secondary N) is 1. The molecule has 0 bridgehead atoms. The third-order valence-electron chi connectivity index (χ3n) is 1.73. The van der Waals surface area contributed by atoms with Gasteiger partial charge in [-0.15, -0.1) is 0 Å². The molecule has 1 N–H and O–H groups in total. The van der Waals surface area contributed by atoms with Crippen molar-refractivity contribution in [2.24, 2.45) is 10.3 Å². The van der Waals surface area contributed by atoms with E-state index in [4.69, 9.17) is 5.26 Å². The summed E-state index contributed by atoms with van der Waals surface area (Å²) in [4.78, 5) is 10.8. The first-order valence-electron chi connectivity index (χ1n) is 4.49. The van der Waals surface area contributed by atoms with Gasteiger partial charge < -0.3 is 0 Å². The summed E-state index contributed by atoms with van der Waals surface area (Å²) in [6.45, 7) is 0.555. The summed E-state index contributed by atoms with van der Waals surface area (Å²) in [6.07, 6.45) is 0.670. The van der Waals surface area contributed by atoms with Gasteiger partial charge in [-0.25, -0.2) is 0 Å². The number of hydrogen-bond acceptors (Lipinski definition) is 4. The van der Waals surface area contributed by atoms with Crippen molar-refractivity contribution in [2.45, 2.75) is 0 Å².